The molecule has 2 aromatic rings. The highest BCUT2D eigenvalue weighted by atomic mass is 28.4. The van der Waals surface area contributed by atoms with E-state index in [1.165, 1.54) is 11.1 Å². The van der Waals surface area contributed by atoms with Crippen LogP contribution in [0.5, 0.6) is 5.75 Å². The van der Waals surface area contributed by atoms with Gasteiger partial charge in [0, 0.05) is 19.0 Å². The molecule has 0 spiro atoms. The van der Waals surface area contributed by atoms with Crippen LogP contribution in [0.3, 0.4) is 0 Å². The van der Waals surface area contributed by atoms with Crippen molar-refractivity contribution < 1.29 is 9.16 Å². The molecule has 1 heterocycles. The van der Waals surface area contributed by atoms with Gasteiger partial charge in [0.25, 0.3) is 0 Å². The fraction of sp³-hybridized carbons (Fsp3) is 0.500. The highest BCUT2D eigenvalue weighted by Crippen LogP contribution is 2.39. The largest absolute Gasteiger partial charge is 0.543 e. The minimum absolute atomic E-state index is 0.176. The zero-order chi connectivity index (χ0) is 20.2. The minimum Gasteiger partial charge on any atom is -0.543 e. The standard InChI is InChI=1S/C24H35NO2Si/c1-24(2,3)28(4,5)27-22-14-10-9-13-20(22)17-21(19-11-7-6-8-12-19)23-18-25-15-16-26-23/h6-14,21,23,25H,15-18H2,1-5H3/t21-,23-/m1/s1. The van der Waals surface area contributed by atoms with E-state index in [9.17, 15) is 0 Å². The summed E-state index contributed by atoms with van der Waals surface area (Å²) in [7, 11) is -1.89. The Morgan fingerprint density at radius 2 is 1.75 bits per heavy atom. The lowest BCUT2D eigenvalue weighted by Crippen LogP contribution is -2.44. The number of hydrogen-bond donors (Lipinski definition) is 1. The van der Waals surface area contributed by atoms with Gasteiger partial charge in [0.1, 0.15) is 5.75 Å². The second-order valence-electron chi connectivity index (χ2n) is 9.30. The molecule has 28 heavy (non-hydrogen) atoms. The second-order valence-corrected chi connectivity index (χ2v) is 14.0. The highest BCUT2D eigenvalue weighted by molar-refractivity contribution is 6.74. The summed E-state index contributed by atoms with van der Waals surface area (Å²) >= 11 is 0. The molecule has 1 saturated heterocycles. The van der Waals surface area contributed by atoms with Crippen LogP contribution in [0.2, 0.25) is 18.1 Å². The first-order valence-electron chi connectivity index (χ1n) is 10.4. The number of benzene rings is 2. The van der Waals surface area contributed by atoms with Gasteiger partial charge in [0.15, 0.2) is 0 Å². The first-order chi connectivity index (χ1) is 13.3. The summed E-state index contributed by atoms with van der Waals surface area (Å²) in [5, 5.41) is 3.67. The average molecular weight is 398 g/mol. The lowest BCUT2D eigenvalue weighted by molar-refractivity contribution is 0.0110. The van der Waals surface area contributed by atoms with Crippen LogP contribution in [-0.4, -0.2) is 34.1 Å². The molecule has 4 heteroatoms. The van der Waals surface area contributed by atoms with Crippen LogP contribution in [0.15, 0.2) is 54.6 Å². The Kier molecular flexibility index (Phi) is 6.64. The molecule has 2 aromatic carbocycles. The summed E-state index contributed by atoms with van der Waals surface area (Å²) in [6.45, 7) is 14.1. The van der Waals surface area contributed by atoms with Crippen LogP contribution < -0.4 is 9.74 Å². The van der Waals surface area contributed by atoms with Crippen LogP contribution in [-0.2, 0) is 11.2 Å². The van der Waals surface area contributed by atoms with Crippen molar-refractivity contribution >= 4 is 8.32 Å². The average Bonchev–Trinajstić information content (AvgIpc) is 2.67. The number of morpholine rings is 1. The molecule has 0 radical (unpaired) electrons. The van der Waals surface area contributed by atoms with Crippen molar-refractivity contribution in [3.05, 3.63) is 65.7 Å². The monoisotopic (exact) mass is 397 g/mol. The van der Waals surface area contributed by atoms with Crippen LogP contribution in [0, 0.1) is 0 Å². The minimum atomic E-state index is -1.89. The quantitative estimate of drug-likeness (QED) is 0.663. The van der Waals surface area contributed by atoms with Crippen LogP contribution in [0.1, 0.15) is 37.8 Å². The summed E-state index contributed by atoms with van der Waals surface area (Å²) in [5.41, 5.74) is 2.61. The van der Waals surface area contributed by atoms with E-state index in [1.54, 1.807) is 0 Å². The Morgan fingerprint density at radius 3 is 2.39 bits per heavy atom. The molecule has 3 rings (SSSR count). The summed E-state index contributed by atoms with van der Waals surface area (Å²) in [6.07, 6.45) is 1.10. The molecule has 1 aliphatic heterocycles. The predicted octanol–water partition coefficient (Wildman–Crippen LogP) is 5.39. The molecule has 1 N–H and O–H groups in total. The van der Waals surface area contributed by atoms with Crippen molar-refractivity contribution in [1.29, 1.82) is 0 Å². The number of para-hydroxylation sites is 1. The number of hydrogen-bond acceptors (Lipinski definition) is 3. The van der Waals surface area contributed by atoms with Crippen molar-refractivity contribution in [3.63, 3.8) is 0 Å². The van der Waals surface area contributed by atoms with Crippen molar-refractivity contribution in [2.45, 2.75) is 57.3 Å². The molecule has 0 aliphatic carbocycles. The summed E-state index contributed by atoms with van der Waals surface area (Å²) in [6, 6.07) is 19.3. The van der Waals surface area contributed by atoms with Crippen LogP contribution in [0.25, 0.3) is 0 Å². The molecule has 3 nitrogen and oxygen atoms in total. The maximum absolute atomic E-state index is 6.70. The van der Waals surface area contributed by atoms with E-state index in [4.69, 9.17) is 9.16 Å². The molecule has 2 atom stereocenters. The smallest absolute Gasteiger partial charge is 0.250 e. The molecule has 1 aliphatic rings. The summed E-state index contributed by atoms with van der Waals surface area (Å²) < 4.78 is 12.9. The lowest BCUT2D eigenvalue weighted by atomic mass is 9.86. The topological polar surface area (TPSA) is 30.5 Å². The first-order valence-corrected chi connectivity index (χ1v) is 13.3. The third-order valence-electron chi connectivity index (χ3n) is 6.22. The number of rotatable bonds is 6. The molecule has 0 amide bonds. The van der Waals surface area contributed by atoms with Crippen molar-refractivity contribution in [2.75, 3.05) is 19.7 Å². The number of ether oxygens (including phenoxy) is 1. The fourth-order valence-corrected chi connectivity index (χ4v) is 4.50. The third kappa shape index (κ3) is 5.05. The molecule has 0 unspecified atom stereocenters. The Hall–Kier alpha value is -1.62. The molecule has 1 fully saturated rings. The van der Waals surface area contributed by atoms with Gasteiger partial charge in [-0.25, -0.2) is 0 Å². The van der Waals surface area contributed by atoms with E-state index in [0.29, 0.717) is 5.92 Å². The Bertz CT molecular complexity index is 749. The third-order valence-corrected chi connectivity index (χ3v) is 10.6. The van der Waals surface area contributed by atoms with Crippen molar-refractivity contribution in [1.82, 2.24) is 5.32 Å². The molecular weight excluding hydrogens is 362 g/mol. The molecule has 0 bridgehead atoms. The van der Waals surface area contributed by atoms with Gasteiger partial charge in [0.2, 0.25) is 8.32 Å². The summed E-state index contributed by atoms with van der Waals surface area (Å²) in [4.78, 5) is 0. The van der Waals surface area contributed by atoms with Gasteiger partial charge in [0.05, 0.1) is 12.7 Å². The van der Waals surface area contributed by atoms with Gasteiger partial charge in [-0.15, -0.1) is 0 Å². The number of nitrogens with one attached hydrogen (secondary N) is 1. The van der Waals surface area contributed by atoms with E-state index in [0.717, 1.165) is 31.9 Å². The van der Waals surface area contributed by atoms with Gasteiger partial charge < -0.3 is 14.5 Å². The molecule has 0 aromatic heterocycles. The highest BCUT2D eigenvalue weighted by Gasteiger charge is 2.39. The molecule has 152 valence electrons. The lowest BCUT2D eigenvalue weighted by Gasteiger charge is -2.37. The van der Waals surface area contributed by atoms with Gasteiger partial charge in [-0.05, 0) is 41.7 Å². The van der Waals surface area contributed by atoms with Crippen molar-refractivity contribution in [3.8, 4) is 5.75 Å². The summed E-state index contributed by atoms with van der Waals surface area (Å²) in [5.74, 6) is 1.34. The predicted molar refractivity (Wildman–Crippen MR) is 120 cm³/mol. The first kappa shape index (κ1) is 21.1. The van der Waals surface area contributed by atoms with E-state index >= 15 is 0 Å². The maximum Gasteiger partial charge on any atom is 0.250 e. The second kappa shape index (κ2) is 8.81. The van der Waals surface area contributed by atoms with E-state index in [1.807, 2.05) is 0 Å². The van der Waals surface area contributed by atoms with E-state index < -0.39 is 8.32 Å². The molecular formula is C24H35NO2Si. The Morgan fingerprint density at radius 1 is 1.07 bits per heavy atom. The normalized spacial score (nSPS) is 19.2. The molecule has 0 saturated carbocycles. The van der Waals surface area contributed by atoms with Gasteiger partial charge in [-0.1, -0.05) is 69.3 Å². The maximum atomic E-state index is 6.70. The van der Waals surface area contributed by atoms with Crippen LogP contribution >= 0.6 is 0 Å². The van der Waals surface area contributed by atoms with Gasteiger partial charge in [-0.2, -0.15) is 0 Å². The van der Waals surface area contributed by atoms with E-state index in [-0.39, 0.29) is 11.1 Å². The Labute approximate surface area is 171 Å². The van der Waals surface area contributed by atoms with E-state index in [2.05, 4.69) is 93.8 Å². The zero-order valence-electron chi connectivity index (χ0n) is 18.0. The van der Waals surface area contributed by atoms with Gasteiger partial charge in [-0.3, -0.25) is 0 Å². The van der Waals surface area contributed by atoms with Gasteiger partial charge >= 0.3 is 0 Å². The zero-order valence-corrected chi connectivity index (χ0v) is 19.0. The fourth-order valence-electron chi connectivity index (χ4n) is 3.45. The SMILES string of the molecule is CC(C)(C)[Si](C)(C)Oc1ccccc1C[C@H](c1ccccc1)[C@H]1CNCCO1. The Balaban J connectivity index is 1.89. The van der Waals surface area contributed by atoms with Crippen molar-refractivity contribution in [2.24, 2.45) is 0 Å². The van der Waals surface area contributed by atoms with Crippen LogP contribution in [0.4, 0.5) is 0 Å².